The third kappa shape index (κ3) is 6.67. The van der Waals surface area contributed by atoms with Gasteiger partial charge in [0, 0.05) is 12.0 Å². The number of hydrogen-bond donors (Lipinski definition) is 1. The van der Waals surface area contributed by atoms with Gasteiger partial charge in [0.05, 0.1) is 5.56 Å². The fourth-order valence-electron chi connectivity index (χ4n) is 5.03. The molecule has 0 bridgehead atoms. The Kier molecular flexibility index (Phi) is 7.86. The number of hydrogen-bond acceptors (Lipinski definition) is 3. The second-order valence-electron chi connectivity index (χ2n) is 9.44. The summed E-state index contributed by atoms with van der Waals surface area (Å²) in [5.41, 5.74) is 3.89. The Balaban J connectivity index is 1.18. The number of carbonyl (C=O) groups excluding carboxylic acids is 1. The fraction of sp³-hybridized carbons (Fsp3) is 0.519. The van der Waals surface area contributed by atoms with Crippen molar-refractivity contribution in [1.82, 2.24) is 10.2 Å². The largest absolute Gasteiger partial charge is 0.416 e. The van der Waals surface area contributed by atoms with Gasteiger partial charge >= 0.3 is 6.18 Å². The van der Waals surface area contributed by atoms with Crippen molar-refractivity contribution >= 4 is 5.78 Å². The lowest BCUT2D eigenvalue weighted by Crippen LogP contribution is -2.35. The number of piperidine rings is 1. The molecule has 1 saturated heterocycles. The number of alkyl halides is 3. The van der Waals surface area contributed by atoms with Gasteiger partial charge in [0.2, 0.25) is 0 Å². The quantitative estimate of drug-likeness (QED) is 0.571. The van der Waals surface area contributed by atoms with Crippen LogP contribution in [-0.2, 0) is 25.4 Å². The standard InChI is InChI=1S/C27H33F3N2O/c28-27(29,30)25-7-3-20(4-8-25)18-21-11-16-32(17-12-21)15-1-2-26(33)24-6-5-22-9-13-31-14-10-23(22)19-24/h3-8,19,21,31H,1-2,9-18H2. The molecule has 0 radical (unpaired) electrons. The number of nitrogens with one attached hydrogen (secondary N) is 1. The van der Waals surface area contributed by atoms with E-state index in [9.17, 15) is 18.0 Å². The number of likely N-dealkylation sites (tertiary alicyclic amines) is 1. The summed E-state index contributed by atoms with van der Waals surface area (Å²) in [7, 11) is 0. The van der Waals surface area contributed by atoms with E-state index in [0.29, 0.717) is 12.3 Å². The molecule has 178 valence electrons. The number of rotatable bonds is 7. The first-order valence-electron chi connectivity index (χ1n) is 12.1. The van der Waals surface area contributed by atoms with Crippen LogP contribution >= 0.6 is 0 Å². The Morgan fingerprint density at radius 3 is 2.36 bits per heavy atom. The molecule has 0 aromatic heterocycles. The molecule has 6 heteroatoms. The molecule has 2 aromatic rings. The average Bonchev–Trinajstić information content (AvgIpc) is 3.05. The molecular formula is C27H33F3N2O. The third-order valence-corrected chi connectivity index (χ3v) is 7.06. The third-order valence-electron chi connectivity index (χ3n) is 7.06. The molecule has 0 unspecified atom stereocenters. The number of halogens is 3. The molecule has 0 spiro atoms. The van der Waals surface area contributed by atoms with Gasteiger partial charge in [0.25, 0.3) is 0 Å². The predicted octanol–water partition coefficient (Wildman–Crippen LogP) is 5.31. The van der Waals surface area contributed by atoms with Gasteiger partial charge in [-0.2, -0.15) is 13.2 Å². The van der Waals surface area contributed by atoms with Gasteiger partial charge in [0.1, 0.15) is 0 Å². The summed E-state index contributed by atoms with van der Waals surface area (Å²) in [5, 5.41) is 3.41. The fourth-order valence-corrected chi connectivity index (χ4v) is 5.03. The Morgan fingerprint density at radius 2 is 1.67 bits per heavy atom. The van der Waals surface area contributed by atoms with Gasteiger partial charge in [-0.15, -0.1) is 0 Å². The van der Waals surface area contributed by atoms with E-state index < -0.39 is 11.7 Å². The predicted molar refractivity (Wildman–Crippen MR) is 125 cm³/mol. The summed E-state index contributed by atoms with van der Waals surface area (Å²) < 4.78 is 38.2. The monoisotopic (exact) mass is 458 g/mol. The number of benzene rings is 2. The van der Waals surface area contributed by atoms with Crippen molar-refractivity contribution in [3.05, 3.63) is 70.3 Å². The first kappa shape index (κ1) is 24.0. The van der Waals surface area contributed by atoms with Crippen LogP contribution in [-0.4, -0.2) is 43.4 Å². The van der Waals surface area contributed by atoms with Crippen molar-refractivity contribution in [2.45, 2.75) is 51.1 Å². The smallest absolute Gasteiger partial charge is 0.316 e. The lowest BCUT2D eigenvalue weighted by atomic mass is 9.89. The Morgan fingerprint density at radius 1 is 0.970 bits per heavy atom. The van der Waals surface area contributed by atoms with Gasteiger partial charge < -0.3 is 10.2 Å². The summed E-state index contributed by atoms with van der Waals surface area (Å²) in [6.07, 6.45) is 2.10. The van der Waals surface area contributed by atoms with Crippen LogP contribution in [0.2, 0.25) is 0 Å². The van der Waals surface area contributed by atoms with Crippen LogP contribution in [0.4, 0.5) is 13.2 Å². The van der Waals surface area contributed by atoms with E-state index in [1.54, 1.807) is 12.1 Å². The van der Waals surface area contributed by atoms with E-state index in [0.717, 1.165) is 82.4 Å². The first-order chi connectivity index (χ1) is 15.9. The number of carbonyl (C=O) groups is 1. The van der Waals surface area contributed by atoms with Gasteiger partial charge in [-0.25, -0.2) is 0 Å². The number of nitrogens with zero attached hydrogens (tertiary/aromatic N) is 1. The van der Waals surface area contributed by atoms with E-state index in [1.165, 1.54) is 23.3 Å². The van der Waals surface area contributed by atoms with Crippen LogP contribution in [0.1, 0.15) is 58.3 Å². The van der Waals surface area contributed by atoms with Crippen molar-refractivity contribution in [2.24, 2.45) is 5.92 Å². The minimum absolute atomic E-state index is 0.229. The molecule has 33 heavy (non-hydrogen) atoms. The van der Waals surface area contributed by atoms with Crippen LogP contribution in [0.3, 0.4) is 0 Å². The molecule has 2 aliphatic rings. The van der Waals surface area contributed by atoms with E-state index in [1.807, 2.05) is 6.07 Å². The molecule has 1 N–H and O–H groups in total. The summed E-state index contributed by atoms with van der Waals surface area (Å²) in [6.45, 7) is 4.88. The molecule has 0 atom stereocenters. The van der Waals surface area contributed by atoms with Crippen LogP contribution in [0, 0.1) is 5.92 Å². The van der Waals surface area contributed by atoms with Gasteiger partial charge in [-0.1, -0.05) is 24.3 Å². The Hall–Kier alpha value is -2.18. The lowest BCUT2D eigenvalue weighted by molar-refractivity contribution is -0.137. The molecule has 2 heterocycles. The maximum absolute atomic E-state index is 12.7. The summed E-state index contributed by atoms with van der Waals surface area (Å²) in [4.78, 5) is 15.1. The van der Waals surface area contributed by atoms with Crippen LogP contribution in [0.15, 0.2) is 42.5 Å². The SMILES string of the molecule is O=C(CCCN1CCC(Cc2ccc(C(F)(F)F)cc2)CC1)c1ccc2c(c1)CCNCC2. The summed E-state index contributed by atoms with van der Waals surface area (Å²) in [6, 6.07) is 11.8. The van der Waals surface area contributed by atoms with Crippen LogP contribution < -0.4 is 5.32 Å². The highest BCUT2D eigenvalue weighted by molar-refractivity contribution is 5.96. The van der Waals surface area contributed by atoms with Crippen molar-refractivity contribution < 1.29 is 18.0 Å². The van der Waals surface area contributed by atoms with Crippen LogP contribution in [0.25, 0.3) is 0 Å². The zero-order valence-corrected chi connectivity index (χ0v) is 19.1. The number of fused-ring (bicyclic) bond motifs is 1. The number of ketones is 1. The zero-order valence-electron chi connectivity index (χ0n) is 19.1. The van der Waals surface area contributed by atoms with E-state index >= 15 is 0 Å². The molecule has 1 fully saturated rings. The van der Waals surface area contributed by atoms with Gasteiger partial charge in [-0.3, -0.25) is 4.79 Å². The molecular weight excluding hydrogens is 425 g/mol. The molecule has 0 amide bonds. The number of Topliss-reactive ketones (excluding diaryl/α,β-unsaturated/α-hetero) is 1. The second-order valence-corrected chi connectivity index (χ2v) is 9.44. The molecule has 0 saturated carbocycles. The van der Waals surface area contributed by atoms with Crippen molar-refractivity contribution in [3.63, 3.8) is 0 Å². The normalized spacial score (nSPS) is 18.0. The molecule has 4 rings (SSSR count). The Labute approximate surface area is 194 Å². The van der Waals surface area contributed by atoms with E-state index in [4.69, 9.17) is 0 Å². The topological polar surface area (TPSA) is 32.3 Å². The van der Waals surface area contributed by atoms with Crippen LogP contribution in [0.5, 0.6) is 0 Å². The highest BCUT2D eigenvalue weighted by Crippen LogP contribution is 2.30. The molecule has 3 nitrogen and oxygen atoms in total. The molecule has 2 aliphatic heterocycles. The van der Waals surface area contributed by atoms with Gasteiger partial charge in [-0.05, 0) is 112 Å². The minimum Gasteiger partial charge on any atom is -0.316 e. The zero-order chi connectivity index (χ0) is 23.3. The highest BCUT2D eigenvalue weighted by Gasteiger charge is 2.30. The van der Waals surface area contributed by atoms with Crippen molar-refractivity contribution in [1.29, 1.82) is 0 Å². The van der Waals surface area contributed by atoms with E-state index in [2.05, 4.69) is 22.3 Å². The molecule has 0 aliphatic carbocycles. The molecule has 2 aromatic carbocycles. The van der Waals surface area contributed by atoms with Crippen molar-refractivity contribution in [3.8, 4) is 0 Å². The Bertz CT molecular complexity index is 931. The first-order valence-corrected chi connectivity index (χ1v) is 12.1. The van der Waals surface area contributed by atoms with Crippen molar-refractivity contribution in [2.75, 3.05) is 32.7 Å². The maximum Gasteiger partial charge on any atom is 0.416 e. The maximum atomic E-state index is 12.7. The van der Waals surface area contributed by atoms with E-state index in [-0.39, 0.29) is 5.78 Å². The summed E-state index contributed by atoms with van der Waals surface area (Å²) in [5.74, 6) is 0.737. The lowest BCUT2D eigenvalue weighted by Gasteiger charge is -2.32. The summed E-state index contributed by atoms with van der Waals surface area (Å²) >= 11 is 0. The average molecular weight is 459 g/mol. The second kappa shape index (κ2) is 10.8. The highest BCUT2D eigenvalue weighted by atomic mass is 19.4. The minimum atomic E-state index is -4.28. The van der Waals surface area contributed by atoms with Gasteiger partial charge in [0.15, 0.2) is 5.78 Å².